The normalized spacial score (nSPS) is 17.3. The van der Waals surface area contributed by atoms with Gasteiger partial charge in [0.2, 0.25) is 10.0 Å². The maximum atomic E-state index is 13.0. The number of sulfonamides is 1. The first kappa shape index (κ1) is 16.9. The summed E-state index contributed by atoms with van der Waals surface area (Å²) >= 11 is 3.34. The Labute approximate surface area is 135 Å². The molecule has 0 spiro atoms. The average molecular weight is 376 g/mol. The molecule has 1 aromatic carbocycles. The third-order valence-corrected chi connectivity index (χ3v) is 6.63. The Hall–Kier alpha value is -0.430. The first-order valence-corrected chi connectivity index (χ1v) is 9.59. The first-order valence-electron chi connectivity index (χ1n) is 7.35. The molecule has 1 fully saturated rings. The predicted octanol–water partition coefficient (Wildman–Crippen LogP) is 3.07. The summed E-state index contributed by atoms with van der Waals surface area (Å²) in [5.41, 5.74) is 0.733. The second-order valence-electron chi connectivity index (χ2n) is 5.54. The molecular formula is C15H22BrNO3S. The Morgan fingerprint density at radius 1 is 1.29 bits per heavy atom. The number of halogens is 1. The summed E-state index contributed by atoms with van der Waals surface area (Å²) < 4.78 is 28.2. The number of rotatable bonds is 5. The van der Waals surface area contributed by atoms with Gasteiger partial charge in [-0.25, -0.2) is 8.42 Å². The van der Waals surface area contributed by atoms with Gasteiger partial charge >= 0.3 is 0 Å². The Morgan fingerprint density at radius 3 is 2.57 bits per heavy atom. The lowest BCUT2D eigenvalue weighted by Gasteiger charge is -2.33. The van der Waals surface area contributed by atoms with Crippen LogP contribution in [0.1, 0.15) is 37.7 Å². The van der Waals surface area contributed by atoms with Gasteiger partial charge in [0, 0.05) is 17.1 Å². The van der Waals surface area contributed by atoms with Crippen molar-refractivity contribution in [3.8, 4) is 0 Å². The van der Waals surface area contributed by atoms with Crippen molar-refractivity contribution in [3.05, 3.63) is 28.2 Å². The van der Waals surface area contributed by atoms with Gasteiger partial charge in [0.05, 0.1) is 11.5 Å². The summed E-state index contributed by atoms with van der Waals surface area (Å²) in [4.78, 5) is 0.330. The van der Waals surface area contributed by atoms with E-state index in [-0.39, 0.29) is 19.2 Å². The molecule has 0 saturated heterocycles. The maximum absolute atomic E-state index is 13.0. The highest BCUT2D eigenvalue weighted by Gasteiger charge is 2.32. The van der Waals surface area contributed by atoms with Crippen LogP contribution in [0.3, 0.4) is 0 Å². The molecule has 4 nitrogen and oxygen atoms in total. The van der Waals surface area contributed by atoms with Gasteiger partial charge in [0.15, 0.2) is 0 Å². The molecule has 1 aromatic rings. The molecule has 1 saturated carbocycles. The molecule has 6 heteroatoms. The van der Waals surface area contributed by atoms with E-state index in [1.54, 1.807) is 19.1 Å². The zero-order chi connectivity index (χ0) is 15.5. The molecule has 0 bridgehead atoms. The van der Waals surface area contributed by atoms with Crippen LogP contribution in [0, 0.1) is 6.92 Å². The molecule has 0 atom stereocenters. The van der Waals surface area contributed by atoms with Gasteiger partial charge in [0.1, 0.15) is 0 Å². The van der Waals surface area contributed by atoms with Crippen LogP contribution in [0.25, 0.3) is 0 Å². The molecule has 1 aliphatic rings. The fraction of sp³-hybridized carbons (Fsp3) is 0.600. The lowest BCUT2D eigenvalue weighted by atomic mass is 9.95. The van der Waals surface area contributed by atoms with Crippen molar-refractivity contribution < 1.29 is 13.5 Å². The maximum Gasteiger partial charge on any atom is 0.243 e. The summed E-state index contributed by atoms with van der Waals surface area (Å²) in [6, 6.07) is 5.30. The molecule has 118 valence electrons. The highest BCUT2D eigenvalue weighted by molar-refractivity contribution is 9.10. The van der Waals surface area contributed by atoms with Crippen molar-refractivity contribution in [2.45, 2.75) is 50.0 Å². The Morgan fingerprint density at radius 2 is 1.95 bits per heavy atom. The van der Waals surface area contributed by atoms with Gasteiger partial charge in [0.25, 0.3) is 0 Å². The zero-order valence-corrected chi connectivity index (χ0v) is 14.7. The third-order valence-electron chi connectivity index (χ3n) is 4.04. The largest absolute Gasteiger partial charge is 0.395 e. The van der Waals surface area contributed by atoms with Crippen LogP contribution in [-0.2, 0) is 10.0 Å². The standard InChI is InChI=1S/C15H22BrNO3S/c1-12-7-8-13(16)11-15(12)21(19,20)17(9-10-18)14-5-3-2-4-6-14/h7-8,11,14,18H,2-6,9-10H2,1H3. The predicted molar refractivity (Wildman–Crippen MR) is 86.7 cm³/mol. The minimum atomic E-state index is -3.57. The molecule has 0 unspecified atom stereocenters. The van der Waals surface area contributed by atoms with Crippen LogP contribution in [-0.4, -0.2) is 37.0 Å². The summed E-state index contributed by atoms with van der Waals surface area (Å²) in [5, 5.41) is 9.29. The number of aliphatic hydroxyl groups excluding tert-OH is 1. The molecule has 1 aliphatic carbocycles. The number of hydrogen-bond acceptors (Lipinski definition) is 3. The van der Waals surface area contributed by atoms with E-state index in [1.807, 2.05) is 6.07 Å². The van der Waals surface area contributed by atoms with Crippen molar-refractivity contribution in [1.29, 1.82) is 0 Å². The monoisotopic (exact) mass is 375 g/mol. The van der Waals surface area contributed by atoms with Gasteiger partial charge in [-0.2, -0.15) is 4.31 Å². The second kappa shape index (κ2) is 7.22. The quantitative estimate of drug-likeness (QED) is 0.859. The van der Waals surface area contributed by atoms with Crippen molar-refractivity contribution in [1.82, 2.24) is 4.31 Å². The van der Waals surface area contributed by atoms with Crippen LogP contribution in [0.5, 0.6) is 0 Å². The summed E-state index contributed by atoms with van der Waals surface area (Å²) in [6.45, 7) is 1.82. The summed E-state index contributed by atoms with van der Waals surface area (Å²) in [5.74, 6) is 0. The fourth-order valence-electron chi connectivity index (χ4n) is 2.94. The zero-order valence-electron chi connectivity index (χ0n) is 12.3. The topological polar surface area (TPSA) is 57.6 Å². The lowest BCUT2D eigenvalue weighted by molar-refractivity contribution is 0.199. The minimum absolute atomic E-state index is 0.00859. The molecule has 1 N–H and O–H groups in total. The number of benzene rings is 1. The average Bonchev–Trinajstić information content (AvgIpc) is 2.48. The van der Waals surface area contributed by atoms with Crippen molar-refractivity contribution in [3.63, 3.8) is 0 Å². The molecule has 21 heavy (non-hydrogen) atoms. The lowest BCUT2D eigenvalue weighted by Crippen LogP contribution is -2.43. The minimum Gasteiger partial charge on any atom is -0.395 e. The number of nitrogens with zero attached hydrogens (tertiary/aromatic N) is 1. The van der Waals surface area contributed by atoms with Crippen LogP contribution in [0.2, 0.25) is 0 Å². The SMILES string of the molecule is Cc1ccc(Br)cc1S(=O)(=O)N(CCO)C1CCCCC1. The van der Waals surface area contributed by atoms with Gasteiger partial charge in [-0.05, 0) is 37.5 Å². The van der Waals surface area contributed by atoms with Gasteiger partial charge < -0.3 is 5.11 Å². The molecular weight excluding hydrogens is 354 g/mol. The Bertz CT molecular complexity index is 583. The van der Waals surface area contributed by atoms with Crippen LogP contribution in [0.15, 0.2) is 27.6 Å². The van der Waals surface area contributed by atoms with E-state index in [2.05, 4.69) is 15.9 Å². The van der Waals surface area contributed by atoms with E-state index < -0.39 is 10.0 Å². The Kier molecular flexibility index (Phi) is 5.82. The van der Waals surface area contributed by atoms with E-state index in [1.165, 1.54) is 10.7 Å². The first-order chi connectivity index (χ1) is 9.96. The van der Waals surface area contributed by atoms with E-state index in [0.29, 0.717) is 4.90 Å². The molecule has 0 amide bonds. The summed E-state index contributed by atoms with van der Waals surface area (Å²) in [7, 11) is -3.57. The molecule has 0 radical (unpaired) electrons. The third kappa shape index (κ3) is 3.86. The van der Waals surface area contributed by atoms with Gasteiger partial charge in [-0.3, -0.25) is 0 Å². The fourth-order valence-corrected chi connectivity index (χ4v) is 5.39. The molecule has 0 heterocycles. The van der Waals surface area contributed by atoms with E-state index in [0.717, 1.165) is 35.7 Å². The van der Waals surface area contributed by atoms with Gasteiger partial charge in [-0.15, -0.1) is 0 Å². The molecule has 0 aliphatic heterocycles. The number of hydrogen-bond donors (Lipinski definition) is 1. The smallest absolute Gasteiger partial charge is 0.243 e. The van der Waals surface area contributed by atoms with E-state index >= 15 is 0 Å². The number of aryl methyl sites for hydroxylation is 1. The van der Waals surface area contributed by atoms with E-state index in [4.69, 9.17) is 0 Å². The van der Waals surface area contributed by atoms with Crippen molar-refractivity contribution in [2.75, 3.05) is 13.2 Å². The highest BCUT2D eigenvalue weighted by atomic mass is 79.9. The number of aliphatic hydroxyl groups is 1. The van der Waals surface area contributed by atoms with Crippen LogP contribution in [0.4, 0.5) is 0 Å². The van der Waals surface area contributed by atoms with Crippen LogP contribution >= 0.6 is 15.9 Å². The van der Waals surface area contributed by atoms with Crippen molar-refractivity contribution in [2.24, 2.45) is 0 Å². The van der Waals surface area contributed by atoms with Crippen LogP contribution < -0.4 is 0 Å². The van der Waals surface area contributed by atoms with E-state index in [9.17, 15) is 13.5 Å². The summed E-state index contributed by atoms with van der Waals surface area (Å²) in [6.07, 6.45) is 5.04. The molecule has 0 aromatic heterocycles. The van der Waals surface area contributed by atoms with Crippen molar-refractivity contribution >= 4 is 26.0 Å². The van der Waals surface area contributed by atoms with Gasteiger partial charge in [-0.1, -0.05) is 41.3 Å². The Balaban J connectivity index is 2.39. The highest BCUT2D eigenvalue weighted by Crippen LogP contribution is 2.30. The second-order valence-corrected chi connectivity index (χ2v) is 8.32. The molecule has 2 rings (SSSR count).